The Kier molecular flexibility index (Phi) is 7.29. The first-order valence-corrected chi connectivity index (χ1v) is 10.6. The van der Waals surface area contributed by atoms with Crippen molar-refractivity contribution in [2.75, 3.05) is 46.4 Å². The molecule has 30 heavy (non-hydrogen) atoms. The molecule has 1 aromatic carbocycles. The van der Waals surface area contributed by atoms with Crippen molar-refractivity contribution in [2.45, 2.75) is 27.3 Å². The molecule has 1 saturated heterocycles. The Morgan fingerprint density at radius 2 is 1.57 bits per heavy atom. The van der Waals surface area contributed by atoms with Gasteiger partial charge in [0.05, 0.1) is 24.8 Å². The number of piperazine rings is 1. The predicted molar refractivity (Wildman–Crippen MR) is 114 cm³/mol. The molecule has 0 aliphatic carbocycles. The number of ether oxygens (including phenoxy) is 2. The normalized spacial score (nSPS) is 18.8. The molecule has 0 bridgehead atoms. The van der Waals surface area contributed by atoms with Crippen molar-refractivity contribution in [3.05, 3.63) is 52.3 Å². The van der Waals surface area contributed by atoms with Gasteiger partial charge >= 0.3 is 5.97 Å². The van der Waals surface area contributed by atoms with Gasteiger partial charge in [0.15, 0.2) is 0 Å². The topological polar surface area (TPSA) is 77.3 Å². The van der Waals surface area contributed by atoms with Crippen LogP contribution in [0.4, 0.5) is 0 Å². The number of esters is 1. The van der Waals surface area contributed by atoms with Crippen LogP contribution in [0, 0.1) is 13.8 Å². The molecular weight excluding hydrogens is 382 g/mol. The molecule has 3 rings (SSSR count). The number of hydrogen-bond acceptors (Lipinski definition) is 4. The summed E-state index contributed by atoms with van der Waals surface area (Å²) in [6.07, 6.45) is 0. The van der Waals surface area contributed by atoms with E-state index in [1.165, 1.54) is 15.4 Å². The fourth-order valence-corrected chi connectivity index (χ4v) is 4.25. The largest absolute Gasteiger partial charge is 0.497 e. The van der Waals surface area contributed by atoms with E-state index < -0.39 is 5.97 Å². The molecule has 1 aliphatic heterocycles. The minimum atomic E-state index is -0.425. The molecule has 0 spiro atoms. The molecule has 1 aromatic heterocycles. The summed E-state index contributed by atoms with van der Waals surface area (Å²) in [4.78, 5) is 31.3. The van der Waals surface area contributed by atoms with E-state index in [0.29, 0.717) is 30.0 Å². The van der Waals surface area contributed by atoms with E-state index in [4.69, 9.17) is 9.47 Å². The van der Waals surface area contributed by atoms with Gasteiger partial charge in [-0.05, 0) is 45.0 Å². The summed E-state index contributed by atoms with van der Waals surface area (Å²) < 4.78 is 10.4. The van der Waals surface area contributed by atoms with Gasteiger partial charge in [0.1, 0.15) is 45.0 Å². The first-order chi connectivity index (χ1) is 14.4. The average Bonchev–Trinajstić information content (AvgIpc) is 3.04. The fourth-order valence-electron chi connectivity index (χ4n) is 4.25. The Morgan fingerprint density at radius 3 is 2.17 bits per heavy atom. The number of carbonyl (C=O) groups excluding carboxylic acids is 2. The van der Waals surface area contributed by atoms with Crippen molar-refractivity contribution in [1.82, 2.24) is 4.98 Å². The lowest BCUT2D eigenvalue weighted by molar-refractivity contribution is -1.01. The van der Waals surface area contributed by atoms with Crippen molar-refractivity contribution < 1.29 is 28.9 Å². The number of quaternary nitrogens is 2. The second-order valence-electron chi connectivity index (χ2n) is 7.97. The predicted octanol–water partition coefficient (Wildman–Crippen LogP) is -0.0169. The van der Waals surface area contributed by atoms with Crippen molar-refractivity contribution >= 4 is 11.8 Å². The Bertz CT molecular complexity index is 881. The number of ketones is 1. The summed E-state index contributed by atoms with van der Waals surface area (Å²) in [5.41, 5.74) is 3.61. The number of hydrogen-bond donors (Lipinski definition) is 3. The van der Waals surface area contributed by atoms with Crippen LogP contribution >= 0.6 is 0 Å². The molecule has 1 fully saturated rings. The number of rotatable bonds is 8. The van der Waals surface area contributed by atoms with E-state index in [0.717, 1.165) is 44.2 Å². The maximum Gasteiger partial charge on any atom is 0.340 e. The van der Waals surface area contributed by atoms with E-state index >= 15 is 0 Å². The molecule has 162 valence electrons. The fraction of sp³-hybridized carbons (Fsp3) is 0.478. The van der Waals surface area contributed by atoms with Crippen molar-refractivity contribution in [3.63, 3.8) is 0 Å². The average molecular weight is 416 g/mol. The Morgan fingerprint density at radius 1 is 0.967 bits per heavy atom. The van der Waals surface area contributed by atoms with E-state index in [1.54, 1.807) is 14.0 Å². The number of Topliss-reactive ketones (excluding diaryl/α,β-unsaturated/α-hetero) is 1. The van der Waals surface area contributed by atoms with E-state index in [-0.39, 0.29) is 5.78 Å². The number of aromatic amines is 1. The lowest BCUT2D eigenvalue weighted by atomic mass is 10.0. The maximum absolute atomic E-state index is 13.0. The molecule has 0 atom stereocenters. The smallest absolute Gasteiger partial charge is 0.340 e. The molecule has 0 amide bonds. The molecular formula is C23H33N3O4+2. The molecule has 0 unspecified atom stereocenters. The SMILES string of the molecule is CCOC(=O)c1c(C)[nH]c(C)c1C(=O)C[NH+]1CC[NH+](Cc2ccc(OC)cc2)CC1. The lowest BCUT2D eigenvalue weighted by Crippen LogP contribution is -3.27. The molecule has 0 saturated carbocycles. The number of aryl methyl sites for hydroxylation is 2. The van der Waals surface area contributed by atoms with Crippen LogP contribution in [0.2, 0.25) is 0 Å². The summed E-state index contributed by atoms with van der Waals surface area (Å²) in [7, 11) is 1.68. The maximum atomic E-state index is 13.0. The van der Waals surface area contributed by atoms with Gasteiger partial charge in [0.25, 0.3) is 0 Å². The highest BCUT2D eigenvalue weighted by Gasteiger charge is 2.30. The molecule has 7 nitrogen and oxygen atoms in total. The quantitative estimate of drug-likeness (QED) is 0.419. The third kappa shape index (κ3) is 5.09. The minimum Gasteiger partial charge on any atom is -0.497 e. The van der Waals surface area contributed by atoms with Crippen LogP contribution < -0.4 is 14.5 Å². The van der Waals surface area contributed by atoms with E-state index in [9.17, 15) is 9.59 Å². The van der Waals surface area contributed by atoms with Crippen molar-refractivity contribution in [3.8, 4) is 5.75 Å². The van der Waals surface area contributed by atoms with Crippen molar-refractivity contribution in [1.29, 1.82) is 0 Å². The number of methoxy groups -OCH3 is 1. The van der Waals surface area contributed by atoms with Crippen LogP contribution in [0.25, 0.3) is 0 Å². The Balaban J connectivity index is 1.57. The summed E-state index contributed by atoms with van der Waals surface area (Å²) in [5.74, 6) is 0.457. The number of H-pyrrole nitrogens is 1. The van der Waals surface area contributed by atoms with Gasteiger partial charge in [0.2, 0.25) is 5.78 Å². The summed E-state index contributed by atoms with van der Waals surface area (Å²) >= 11 is 0. The Labute approximate surface area is 178 Å². The van der Waals surface area contributed by atoms with Gasteiger partial charge in [-0.15, -0.1) is 0 Å². The van der Waals surface area contributed by atoms with Crippen LogP contribution in [0.5, 0.6) is 5.75 Å². The summed E-state index contributed by atoms with van der Waals surface area (Å²) in [6.45, 7) is 11.0. The van der Waals surface area contributed by atoms with Crippen LogP contribution in [0.3, 0.4) is 0 Å². The standard InChI is InChI=1S/C23H31N3O4/c1-5-30-23(28)22-17(3)24-16(2)21(22)20(27)15-26-12-10-25(11-13-26)14-18-6-8-19(29-4)9-7-18/h6-9,24H,5,10-15H2,1-4H3/p+2. The van der Waals surface area contributed by atoms with Crippen LogP contribution in [-0.2, 0) is 11.3 Å². The van der Waals surface area contributed by atoms with Crippen LogP contribution in [0.15, 0.2) is 24.3 Å². The number of carbonyl (C=O) groups is 2. The number of benzene rings is 1. The van der Waals surface area contributed by atoms with Crippen LogP contribution in [0.1, 0.15) is 44.6 Å². The van der Waals surface area contributed by atoms with Gasteiger partial charge in [-0.2, -0.15) is 0 Å². The van der Waals surface area contributed by atoms with E-state index in [1.807, 2.05) is 26.0 Å². The zero-order chi connectivity index (χ0) is 21.7. The van der Waals surface area contributed by atoms with Gasteiger partial charge in [-0.3, -0.25) is 4.79 Å². The van der Waals surface area contributed by atoms with Gasteiger partial charge in [0, 0.05) is 17.0 Å². The second-order valence-corrected chi connectivity index (χ2v) is 7.97. The van der Waals surface area contributed by atoms with Gasteiger partial charge in [-0.1, -0.05) is 0 Å². The molecule has 2 aromatic rings. The first kappa shape index (κ1) is 22.1. The second kappa shape index (κ2) is 9.91. The molecule has 7 heteroatoms. The molecule has 2 heterocycles. The highest BCUT2D eigenvalue weighted by Crippen LogP contribution is 2.20. The van der Waals surface area contributed by atoms with Gasteiger partial charge in [-0.25, -0.2) is 4.79 Å². The first-order valence-electron chi connectivity index (χ1n) is 10.6. The zero-order valence-electron chi connectivity index (χ0n) is 18.4. The van der Waals surface area contributed by atoms with E-state index in [2.05, 4.69) is 17.1 Å². The molecule has 1 aliphatic rings. The third-order valence-corrected chi connectivity index (χ3v) is 5.82. The highest BCUT2D eigenvalue weighted by atomic mass is 16.5. The summed E-state index contributed by atoms with van der Waals surface area (Å²) in [6, 6.07) is 8.22. The van der Waals surface area contributed by atoms with Crippen molar-refractivity contribution in [2.24, 2.45) is 0 Å². The Hall–Kier alpha value is -2.64. The highest BCUT2D eigenvalue weighted by molar-refractivity contribution is 6.08. The molecule has 0 radical (unpaired) electrons. The zero-order valence-corrected chi connectivity index (χ0v) is 18.4. The number of nitrogens with one attached hydrogen (secondary N) is 3. The van der Waals surface area contributed by atoms with Crippen LogP contribution in [-0.4, -0.2) is 63.2 Å². The molecule has 3 N–H and O–H groups in total. The summed E-state index contributed by atoms with van der Waals surface area (Å²) in [5, 5.41) is 0. The monoisotopic (exact) mass is 415 g/mol. The lowest BCUT2D eigenvalue weighted by Gasteiger charge is -2.29. The third-order valence-electron chi connectivity index (χ3n) is 5.82. The van der Waals surface area contributed by atoms with Gasteiger partial charge < -0.3 is 24.3 Å². The number of aromatic nitrogens is 1. The minimum absolute atomic E-state index is 0.00788.